The summed E-state index contributed by atoms with van der Waals surface area (Å²) < 4.78 is 6.34. The molecule has 1 aliphatic rings. The number of rotatable bonds is 6. The molecular weight excluding hydrogens is 280 g/mol. The maximum Gasteiger partial charge on any atom is 0.0931 e. The maximum absolute atomic E-state index is 5.98. The Morgan fingerprint density at radius 2 is 2.16 bits per heavy atom. The molecule has 1 fully saturated rings. The number of nitrogens with one attached hydrogen (secondary N) is 1. The van der Waals surface area contributed by atoms with Crippen molar-refractivity contribution >= 4 is 22.9 Å². The highest BCUT2D eigenvalue weighted by molar-refractivity contribution is 7.16. The minimum atomic E-state index is 0.301. The number of piperidine rings is 1. The number of thiophene rings is 1. The summed E-state index contributed by atoms with van der Waals surface area (Å²) in [6.45, 7) is 5.10. The van der Waals surface area contributed by atoms with Gasteiger partial charge in [0.15, 0.2) is 0 Å². The highest BCUT2D eigenvalue weighted by atomic mass is 35.5. The molecule has 0 amide bonds. The summed E-state index contributed by atoms with van der Waals surface area (Å²) >= 11 is 7.66. The molecular formula is C14H23ClN2OS. The Morgan fingerprint density at radius 1 is 1.42 bits per heavy atom. The van der Waals surface area contributed by atoms with E-state index in [4.69, 9.17) is 16.3 Å². The van der Waals surface area contributed by atoms with Crippen LogP contribution in [-0.2, 0) is 11.3 Å². The van der Waals surface area contributed by atoms with Crippen LogP contribution in [0.15, 0.2) is 12.1 Å². The molecule has 108 valence electrons. The third kappa shape index (κ3) is 4.43. The predicted octanol–water partition coefficient (Wildman–Crippen LogP) is 2.85. The summed E-state index contributed by atoms with van der Waals surface area (Å²) in [6.07, 6.45) is 2.38. The Morgan fingerprint density at radius 3 is 2.74 bits per heavy atom. The van der Waals surface area contributed by atoms with Crippen LogP contribution >= 0.6 is 22.9 Å². The second-order valence-corrected chi connectivity index (χ2v) is 7.36. The zero-order valence-electron chi connectivity index (χ0n) is 11.7. The van der Waals surface area contributed by atoms with Gasteiger partial charge in [-0.05, 0) is 45.1 Å². The lowest BCUT2D eigenvalue weighted by molar-refractivity contribution is 0.0271. The smallest absolute Gasteiger partial charge is 0.0931 e. The average molecular weight is 303 g/mol. The predicted molar refractivity (Wildman–Crippen MR) is 82.1 cm³/mol. The number of nitrogens with zero attached hydrogens (tertiary/aromatic N) is 1. The Hall–Kier alpha value is -0.130. The number of ether oxygens (including phenoxy) is 1. The monoisotopic (exact) mass is 302 g/mol. The minimum Gasteiger partial charge on any atom is -0.384 e. The van der Waals surface area contributed by atoms with Crippen LogP contribution in [0, 0.1) is 5.41 Å². The molecule has 2 heterocycles. The average Bonchev–Trinajstić information content (AvgIpc) is 2.75. The van der Waals surface area contributed by atoms with Gasteiger partial charge in [0.2, 0.25) is 0 Å². The lowest BCUT2D eigenvalue weighted by Gasteiger charge is -2.39. The Kier molecular flexibility index (Phi) is 5.66. The molecule has 1 N–H and O–H groups in total. The molecule has 1 aromatic rings. The van der Waals surface area contributed by atoms with Gasteiger partial charge in [0.05, 0.1) is 10.9 Å². The molecule has 0 spiro atoms. The molecule has 0 saturated carbocycles. The van der Waals surface area contributed by atoms with Crippen LogP contribution in [0.4, 0.5) is 0 Å². The van der Waals surface area contributed by atoms with Gasteiger partial charge in [-0.1, -0.05) is 11.6 Å². The molecule has 0 bridgehead atoms. The molecule has 1 aliphatic heterocycles. The molecule has 0 unspecified atom stereocenters. The van der Waals surface area contributed by atoms with Crippen molar-refractivity contribution in [3.05, 3.63) is 21.3 Å². The summed E-state index contributed by atoms with van der Waals surface area (Å²) in [4.78, 5) is 3.72. The van der Waals surface area contributed by atoms with Gasteiger partial charge < -0.3 is 15.0 Å². The fourth-order valence-electron chi connectivity index (χ4n) is 2.94. The zero-order valence-corrected chi connectivity index (χ0v) is 13.3. The van der Waals surface area contributed by atoms with Gasteiger partial charge in [-0.2, -0.15) is 0 Å². The number of halogens is 1. The standard InChI is InChI=1S/C14H23ClN2OS/c1-17(9-12-3-4-13(15)19-12)10-14(11-18-2)5-7-16-8-6-14/h3-4,16H,5-11H2,1-2H3. The van der Waals surface area contributed by atoms with E-state index in [0.29, 0.717) is 5.41 Å². The van der Waals surface area contributed by atoms with Gasteiger partial charge in [0.25, 0.3) is 0 Å². The van der Waals surface area contributed by atoms with Gasteiger partial charge in [-0.3, -0.25) is 0 Å². The molecule has 1 saturated heterocycles. The van der Waals surface area contributed by atoms with Gasteiger partial charge in [0, 0.05) is 30.5 Å². The molecule has 0 aliphatic carbocycles. The van der Waals surface area contributed by atoms with E-state index in [1.54, 1.807) is 11.3 Å². The fraction of sp³-hybridized carbons (Fsp3) is 0.714. The second-order valence-electron chi connectivity index (χ2n) is 5.56. The van der Waals surface area contributed by atoms with Gasteiger partial charge in [-0.25, -0.2) is 0 Å². The molecule has 19 heavy (non-hydrogen) atoms. The first-order valence-electron chi connectivity index (χ1n) is 6.76. The first kappa shape index (κ1) is 15.3. The number of methoxy groups -OCH3 is 1. The summed E-state index contributed by atoms with van der Waals surface area (Å²) in [5.74, 6) is 0. The summed E-state index contributed by atoms with van der Waals surface area (Å²) in [5.41, 5.74) is 0.301. The summed E-state index contributed by atoms with van der Waals surface area (Å²) in [6, 6.07) is 4.10. The SMILES string of the molecule is COCC1(CN(C)Cc2ccc(Cl)s2)CCNCC1. The van der Waals surface area contributed by atoms with Crippen molar-refractivity contribution in [1.82, 2.24) is 10.2 Å². The summed E-state index contributed by atoms with van der Waals surface area (Å²) in [7, 11) is 4.00. The third-order valence-corrected chi connectivity index (χ3v) is 4.99. The van der Waals surface area contributed by atoms with Crippen LogP contribution in [0.25, 0.3) is 0 Å². The molecule has 0 radical (unpaired) electrons. The van der Waals surface area contributed by atoms with E-state index in [9.17, 15) is 0 Å². The van der Waals surface area contributed by atoms with Crippen LogP contribution in [0.2, 0.25) is 4.34 Å². The summed E-state index contributed by atoms with van der Waals surface area (Å²) in [5, 5.41) is 3.43. The topological polar surface area (TPSA) is 24.5 Å². The van der Waals surface area contributed by atoms with Crippen molar-refractivity contribution in [2.45, 2.75) is 19.4 Å². The first-order chi connectivity index (χ1) is 9.13. The fourth-order valence-corrected chi connectivity index (χ4v) is 4.11. The molecule has 0 aromatic carbocycles. The normalized spacial score (nSPS) is 18.9. The number of hydrogen-bond acceptors (Lipinski definition) is 4. The van der Waals surface area contributed by atoms with Crippen LogP contribution < -0.4 is 5.32 Å². The maximum atomic E-state index is 5.98. The minimum absolute atomic E-state index is 0.301. The lowest BCUT2D eigenvalue weighted by atomic mass is 9.79. The molecule has 5 heteroatoms. The van der Waals surface area contributed by atoms with Gasteiger partial charge >= 0.3 is 0 Å². The highest BCUT2D eigenvalue weighted by Gasteiger charge is 2.33. The van der Waals surface area contributed by atoms with Gasteiger partial charge in [-0.15, -0.1) is 11.3 Å². The Balaban J connectivity index is 1.92. The lowest BCUT2D eigenvalue weighted by Crippen LogP contribution is -2.46. The van der Waals surface area contributed by atoms with Crippen molar-refractivity contribution in [2.24, 2.45) is 5.41 Å². The van der Waals surface area contributed by atoms with Gasteiger partial charge in [0.1, 0.15) is 0 Å². The largest absolute Gasteiger partial charge is 0.384 e. The van der Waals surface area contributed by atoms with Crippen molar-refractivity contribution in [2.75, 3.05) is 40.4 Å². The van der Waals surface area contributed by atoms with Crippen molar-refractivity contribution in [3.63, 3.8) is 0 Å². The van der Waals surface area contributed by atoms with E-state index < -0.39 is 0 Å². The second kappa shape index (κ2) is 7.04. The van der Waals surface area contributed by atoms with Crippen molar-refractivity contribution in [1.29, 1.82) is 0 Å². The van der Waals surface area contributed by atoms with Crippen LogP contribution in [-0.4, -0.2) is 45.3 Å². The van der Waals surface area contributed by atoms with Crippen LogP contribution in [0.1, 0.15) is 17.7 Å². The highest BCUT2D eigenvalue weighted by Crippen LogP contribution is 2.31. The third-order valence-electron chi connectivity index (χ3n) is 3.77. The van der Waals surface area contributed by atoms with Crippen LogP contribution in [0.5, 0.6) is 0 Å². The zero-order chi connectivity index (χ0) is 13.7. The molecule has 3 nitrogen and oxygen atoms in total. The van der Waals surface area contributed by atoms with E-state index >= 15 is 0 Å². The molecule has 2 rings (SSSR count). The quantitative estimate of drug-likeness (QED) is 0.874. The van der Waals surface area contributed by atoms with E-state index in [2.05, 4.69) is 23.3 Å². The Labute approximate surface area is 124 Å². The van der Waals surface area contributed by atoms with Crippen molar-refractivity contribution in [3.8, 4) is 0 Å². The molecule has 1 aromatic heterocycles. The Bertz CT molecular complexity index is 385. The first-order valence-corrected chi connectivity index (χ1v) is 7.95. The van der Waals surface area contributed by atoms with E-state index in [0.717, 1.165) is 37.1 Å². The van der Waals surface area contributed by atoms with E-state index in [1.165, 1.54) is 17.7 Å². The van der Waals surface area contributed by atoms with Crippen LogP contribution in [0.3, 0.4) is 0 Å². The van der Waals surface area contributed by atoms with E-state index in [1.807, 2.05) is 13.2 Å². The van der Waals surface area contributed by atoms with Crippen molar-refractivity contribution < 1.29 is 4.74 Å². The molecule has 0 atom stereocenters. The van der Waals surface area contributed by atoms with E-state index in [-0.39, 0.29) is 0 Å². The number of hydrogen-bond donors (Lipinski definition) is 1.